The Balaban J connectivity index is 1.87. The summed E-state index contributed by atoms with van der Waals surface area (Å²) in [6.07, 6.45) is 3.56. The second-order valence-corrected chi connectivity index (χ2v) is 5.35. The number of nitrogens with one attached hydrogen (secondary N) is 2. The Hall–Kier alpha value is -2.90. The van der Waals surface area contributed by atoms with Crippen molar-refractivity contribution in [1.29, 1.82) is 0 Å². The lowest BCUT2D eigenvalue weighted by Gasteiger charge is -2.14. The number of nitrogens with two attached hydrogens (primary N) is 1. The maximum Gasteiger partial charge on any atom is 0.319 e. The minimum atomic E-state index is -0.584. The van der Waals surface area contributed by atoms with Gasteiger partial charge in [0.05, 0.1) is 17.8 Å². The van der Waals surface area contributed by atoms with E-state index in [1.54, 1.807) is 23.0 Å². The lowest BCUT2D eigenvalue weighted by Crippen LogP contribution is -2.39. The molecule has 2 rings (SSSR count). The van der Waals surface area contributed by atoms with Crippen LogP contribution in [0, 0.1) is 11.7 Å². The molecule has 0 fully saturated rings. The molecule has 0 bridgehead atoms. The fourth-order valence-corrected chi connectivity index (χ4v) is 2.17. The lowest BCUT2D eigenvalue weighted by molar-refractivity contribution is -0.121. The Morgan fingerprint density at radius 1 is 1.33 bits per heavy atom. The van der Waals surface area contributed by atoms with Crippen molar-refractivity contribution in [2.45, 2.75) is 19.9 Å². The van der Waals surface area contributed by atoms with Gasteiger partial charge in [-0.1, -0.05) is 12.1 Å². The first-order valence-electron chi connectivity index (χ1n) is 7.59. The van der Waals surface area contributed by atoms with E-state index >= 15 is 0 Å². The highest BCUT2D eigenvalue weighted by Crippen LogP contribution is 2.10. The van der Waals surface area contributed by atoms with Crippen molar-refractivity contribution in [2.24, 2.45) is 11.7 Å². The summed E-state index contributed by atoms with van der Waals surface area (Å²) in [7, 11) is 0. The lowest BCUT2D eigenvalue weighted by atomic mass is 9.98. The highest BCUT2D eigenvalue weighted by Gasteiger charge is 2.17. The van der Waals surface area contributed by atoms with Gasteiger partial charge in [0.15, 0.2) is 0 Å². The van der Waals surface area contributed by atoms with Gasteiger partial charge in [0.2, 0.25) is 5.91 Å². The predicted octanol–water partition coefficient (Wildman–Crippen LogP) is 1.51. The summed E-state index contributed by atoms with van der Waals surface area (Å²) in [6.45, 7) is 2.72. The normalized spacial score (nSPS) is 11.8. The van der Waals surface area contributed by atoms with E-state index < -0.39 is 17.9 Å². The van der Waals surface area contributed by atoms with Crippen LogP contribution in [0.1, 0.15) is 12.5 Å². The van der Waals surface area contributed by atoms with Crippen LogP contribution in [-0.2, 0) is 17.8 Å². The monoisotopic (exact) mass is 333 g/mol. The average Bonchev–Trinajstić information content (AvgIpc) is 3.00. The van der Waals surface area contributed by atoms with E-state index in [1.807, 2.05) is 6.92 Å². The molecule has 4 N–H and O–H groups in total. The molecule has 0 radical (unpaired) electrons. The van der Waals surface area contributed by atoms with Gasteiger partial charge in [-0.2, -0.15) is 5.10 Å². The zero-order valence-corrected chi connectivity index (χ0v) is 13.3. The number of benzene rings is 1. The number of amides is 3. The highest BCUT2D eigenvalue weighted by molar-refractivity contribution is 5.89. The number of halogens is 1. The van der Waals surface area contributed by atoms with Crippen molar-refractivity contribution in [1.82, 2.24) is 15.1 Å². The minimum absolute atomic E-state index is 0.0838. The van der Waals surface area contributed by atoms with Gasteiger partial charge in [0.25, 0.3) is 0 Å². The molecule has 0 saturated heterocycles. The van der Waals surface area contributed by atoms with Crippen LogP contribution in [0.5, 0.6) is 0 Å². The van der Waals surface area contributed by atoms with Crippen LogP contribution in [-0.4, -0.2) is 28.3 Å². The van der Waals surface area contributed by atoms with Crippen molar-refractivity contribution in [2.75, 3.05) is 11.9 Å². The molecule has 0 saturated carbocycles. The van der Waals surface area contributed by atoms with E-state index in [0.717, 1.165) is 5.56 Å². The van der Waals surface area contributed by atoms with Crippen LogP contribution in [0.2, 0.25) is 0 Å². The van der Waals surface area contributed by atoms with Crippen molar-refractivity contribution in [3.63, 3.8) is 0 Å². The Bertz CT molecular complexity index is 699. The SMILES string of the molecule is CCn1cc(NC(=O)NCC(Cc2ccc(F)cc2)C(N)=O)cn1. The first-order chi connectivity index (χ1) is 11.5. The molecule has 1 unspecified atom stereocenters. The fraction of sp³-hybridized carbons (Fsp3) is 0.312. The molecule has 128 valence electrons. The zero-order valence-electron chi connectivity index (χ0n) is 13.3. The molecule has 0 aliphatic rings. The number of carbonyl (C=O) groups excluding carboxylic acids is 2. The van der Waals surface area contributed by atoms with Gasteiger partial charge in [0.1, 0.15) is 5.82 Å². The molecule has 7 nitrogen and oxygen atoms in total. The quantitative estimate of drug-likeness (QED) is 0.715. The van der Waals surface area contributed by atoms with Gasteiger partial charge in [-0.05, 0) is 31.0 Å². The van der Waals surface area contributed by atoms with Gasteiger partial charge < -0.3 is 16.4 Å². The molecule has 1 aromatic heterocycles. The number of aryl methyl sites for hydroxylation is 1. The molecule has 1 atom stereocenters. The first-order valence-corrected chi connectivity index (χ1v) is 7.59. The fourth-order valence-electron chi connectivity index (χ4n) is 2.17. The van der Waals surface area contributed by atoms with Crippen molar-refractivity contribution in [3.8, 4) is 0 Å². The first kappa shape index (κ1) is 17.5. The van der Waals surface area contributed by atoms with Crippen molar-refractivity contribution < 1.29 is 14.0 Å². The molecule has 0 aliphatic heterocycles. The highest BCUT2D eigenvalue weighted by atomic mass is 19.1. The molecule has 2 aromatic rings. The van der Waals surface area contributed by atoms with Gasteiger partial charge in [-0.25, -0.2) is 9.18 Å². The number of urea groups is 1. The molecule has 0 spiro atoms. The molecule has 1 heterocycles. The van der Waals surface area contributed by atoms with Crippen LogP contribution in [0.15, 0.2) is 36.7 Å². The summed E-state index contributed by atoms with van der Waals surface area (Å²) >= 11 is 0. The Morgan fingerprint density at radius 2 is 2.04 bits per heavy atom. The predicted molar refractivity (Wildman–Crippen MR) is 87.7 cm³/mol. The molecule has 8 heteroatoms. The van der Waals surface area contributed by atoms with Gasteiger partial charge in [-0.15, -0.1) is 0 Å². The van der Waals surface area contributed by atoms with Crippen LogP contribution in [0.4, 0.5) is 14.9 Å². The summed E-state index contributed by atoms with van der Waals surface area (Å²) in [4.78, 5) is 23.4. The number of rotatable bonds is 7. The summed E-state index contributed by atoms with van der Waals surface area (Å²) < 4.78 is 14.6. The molecule has 3 amide bonds. The van der Waals surface area contributed by atoms with Crippen LogP contribution in [0.25, 0.3) is 0 Å². The van der Waals surface area contributed by atoms with Crippen molar-refractivity contribution >= 4 is 17.6 Å². The summed E-state index contributed by atoms with van der Waals surface area (Å²) in [6, 6.07) is 5.36. The van der Waals surface area contributed by atoms with E-state index in [4.69, 9.17) is 5.73 Å². The third kappa shape index (κ3) is 5.08. The standard InChI is InChI=1S/C16H20FN5O2/c1-2-22-10-14(9-20-22)21-16(24)19-8-12(15(18)23)7-11-3-5-13(17)6-4-11/h3-6,9-10,12H,2,7-8H2,1H3,(H2,18,23)(H2,19,21,24). The van der Waals surface area contributed by atoms with E-state index in [-0.39, 0.29) is 12.4 Å². The Kier molecular flexibility index (Phi) is 5.89. The van der Waals surface area contributed by atoms with Crippen molar-refractivity contribution in [3.05, 3.63) is 48.0 Å². The second kappa shape index (κ2) is 8.09. The smallest absolute Gasteiger partial charge is 0.319 e. The van der Waals surface area contributed by atoms with Gasteiger partial charge in [-0.3, -0.25) is 9.48 Å². The second-order valence-electron chi connectivity index (χ2n) is 5.35. The maximum absolute atomic E-state index is 12.9. The van der Waals surface area contributed by atoms with Crippen LogP contribution < -0.4 is 16.4 Å². The van der Waals surface area contributed by atoms with E-state index in [0.29, 0.717) is 18.7 Å². The number of nitrogens with zero attached hydrogens (tertiary/aromatic N) is 2. The Labute approximate surface area is 139 Å². The van der Waals surface area contributed by atoms with E-state index in [1.165, 1.54) is 18.3 Å². The number of aromatic nitrogens is 2. The Morgan fingerprint density at radius 3 is 2.62 bits per heavy atom. The average molecular weight is 333 g/mol. The minimum Gasteiger partial charge on any atom is -0.369 e. The van der Waals surface area contributed by atoms with Gasteiger partial charge in [0, 0.05) is 19.3 Å². The molecule has 1 aromatic carbocycles. The summed E-state index contributed by atoms with van der Waals surface area (Å²) in [5.74, 6) is -1.46. The number of primary amides is 1. The number of hydrogen-bond donors (Lipinski definition) is 3. The number of carbonyl (C=O) groups is 2. The third-order valence-electron chi connectivity index (χ3n) is 3.52. The third-order valence-corrected chi connectivity index (χ3v) is 3.52. The largest absolute Gasteiger partial charge is 0.369 e. The van der Waals surface area contributed by atoms with E-state index in [2.05, 4.69) is 15.7 Å². The summed E-state index contributed by atoms with van der Waals surface area (Å²) in [5.41, 5.74) is 6.71. The van der Waals surface area contributed by atoms with Gasteiger partial charge >= 0.3 is 6.03 Å². The molecule has 0 aliphatic carbocycles. The maximum atomic E-state index is 12.9. The van der Waals surface area contributed by atoms with Crippen LogP contribution in [0.3, 0.4) is 0 Å². The number of hydrogen-bond acceptors (Lipinski definition) is 3. The van der Waals surface area contributed by atoms with E-state index in [9.17, 15) is 14.0 Å². The molecule has 24 heavy (non-hydrogen) atoms. The molecular formula is C16H20FN5O2. The number of anilines is 1. The zero-order chi connectivity index (χ0) is 17.5. The molecular weight excluding hydrogens is 313 g/mol. The summed E-state index contributed by atoms with van der Waals surface area (Å²) in [5, 5.41) is 9.28. The topological polar surface area (TPSA) is 102 Å². The van der Waals surface area contributed by atoms with Crippen LogP contribution >= 0.6 is 0 Å².